The highest BCUT2D eigenvalue weighted by atomic mass is 79.9. The summed E-state index contributed by atoms with van der Waals surface area (Å²) in [6.45, 7) is 1.98. The monoisotopic (exact) mass is 344 g/mol. The van der Waals surface area contributed by atoms with Crippen LogP contribution in [0.15, 0.2) is 46.9 Å². The summed E-state index contributed by atoms with van der Waals surface area (Å²) in [7, 11) is 0. The maximum absolute atomic E-state index is 5.95. The van der Waals surface area contributed by atoms with Crippen molar-refractivity contribution < 1.29 is 4.74 Å². The first-order valence-corrected chi connectivity index (χ1v) is 7.14. The number of rotatable bonds is 3. The van der Waals surface area contributed by atoms with Crippen LogP contribution in [0.25, 0.3) is 10.9 Å². The zero-order chi connectivity index (χ0) is 14.8. The highest BCUT2D eigenvalue weighted by Gasteiger charge is 2.10. The zero-order valence-electron chi connectivity index (χ0n) is 11.3. The van der Waals surface area contributed by atoms with Gasteiger partial charge in [0.2, 0.25) is 11.8 Å². The number of hydrogen-bond donors (Lipinski definition) is 2. The smallest absolute Gasteiger partial charge is 0.241 e. The average Bonchev–Trinajstić information content (AvgIpc) is 2.49. The van der Waals surface area contributed by atoms with Crippen molar-refractivity contribution in [3.05, 3.63) is 52.5 Å². The van der Waals surface area contributed by atoms with Crippen molar-refractivity contribution in [3.8, 4) is 11.6 Å². The first kappa shape index (κ1) is 13.8. The number of benzene rings is 2. The van der Waals surface area contributed by atoms with Crippen LogP contribution in [0.4, 0.5) is 5.95 Å². The normalized spacial score (nSPS) is 10.6. The molecule has 0 bridgehead atoms. The Balaban J connectivity index is 2.10. The largest absolute Gasteiger partial charge is 0.438 e. The fourth-order valence-electron chi connectivity index (χ4n) is 2.02. The third-order valence-corrected chi connectivity index (χ3v) is 3.53. The maximum atomic E-state index is 5.95. The summed E-state index contributed by atoms with van der Waals surface area (Å²) >= 11 is 3.44. The molecule has 0 aliphatic rings. The van der Waals surface area contributed by atoms with E-state index in [9.17, 15) is 0 Å². The molecular weight excluding hydrogens is 332 g/mol. The molecule has 1 heterocycles. The van der Waals surface area contributed by atoms with Crippen LogP contribution in [-0.2, 0) is 0 Å². The summed E-state index contributed by atoms with van der Waals surface area (Å²) < 4.78 is 6.96. The number of halogens is 1. The Bertz CT molecular complexity index is 807. The van der Waals surface area contributed by atoms with Crippen LogP contribution >= 0.6 is 15.9 Å². The van der Waals surface area contributed by atoms with Gasteiger partial charge in [0.15, 0.2) is 0 Å². The number of aryl methyl sites for hydroxylation is 1. The molecule has 6 heteroatoms. The summed E-state index contributed by atoms with van der Waals surface area (Å²) in [6.07, 6.45) is 0. The second kappa shape index (κ2) is 5.67. The van der Waals surface area contributed by atoms with Crippen molar-refractivity contribution in [2.24, 2.45) is 5.84 Å². The van der Waals surface area contributed by atoms with Crippen LogP contribution < -0.4 is 16.0 Å². The molecule has 0 saturated carbocycles. The number of anilines is 1. The number of ether oxygens (including phenoxy) is 1. The van der Waals surface area contributed by atoms with Crippen molar-refractivity contribution in [2.45, 2.75) is 6.92 Å². The quantitative estimate of drug-likeness (QED) is 0.558. The van der Waals surface area contributed by atoms with Gasteiger partial charge in [0.1, 0.15) is 5.75 Å². The molecular formula is C15H13BrN4O. The van der Waals surface area contributed by atoms with Crippen LogP contribution in [-0.4, -0.2) is 9.97 Å². The number of nitrogens with two attached hydrogens (primary N) is 1. The lowest BCUT2D eigenvalue weighted by molar-refractivity contribution is 0.465. The molecule has 0 spiro atoms. The molecule has 106 valence electrons. The molecule has 0 amide bonds. The summed E-state index contributed by atoms with van der Waals surface area (Å²) in [4.78, 5) is 8.59. The van der Waals surface area contributed by atoms with Crippen LogP contribution in [0, 0.1) is 6.92 Å². The molecule has 2 aromatic carbocycles. The Morgan fingerprint density at radius 1 is 1.14 bits per heavy atom. The van der Waals surface area contributed by atoms with Crippen LogP contribution in [0.5, 0.6) is 11.6 Å². The minimum Gasteiger partial charge on any atom is -0.438 e. The van der Waals surface area contributed by atoms with Gasteiger partial charge < -0.3 is 4.74 Å². The number of hydrogen-bond acceptors (Lipinski definition) is 5. The van der Waals surface area contributed by atoms with Gasteiger partial charge in [-0.05, 0) is 42.8 Å². The Morgan fingerprint density at radius 2 is 1.95 bits per heavy atom. The van der Waals surface area contributed by atoms with Crippen LogP contribution in [0.2, 0.25) is 0 Å². The molecule has 3 aromatic rings. The van der Waals surface area contributed by atoms with E-state index in [2.05, 4.69) is 31.3 Å². The molecule has 0 fully saturated rings. The van der Waals surface area contributed by atoms with Gasteiger partial charge in [-0.2, -0.15) is 4.98 Å². The SMILES string of the molecule is Cc1cc(Br)ccc1Oc1nc(NN)nc2ccccc12. The van der Waals surface area contributed by atoms with Crippen molar-refractivity contribution in [1.29, 1.82) is 0 Å². The third kappa shape index (κ3) is 2.81. The van der Waals surface area contributed by atoms with Gasteiger partial charge in [-0.25, -0.2) is 10.8 Å². The van der Waals surface area contributed by atoms with Gasteiger partial charge in [0.05, 0.1) is 10.9 Å². The summed E-state index contributed by atoms with van der Waals surface area (Å²) in [5.74, 6) is 6.95. The molecule has 3 rings (SSSR count). The molecule has 1 aromatic heterocycles. The predicted octanol–water partition coefficient (Wildman–Crippen LogP) is 3.78. The standard InChI is InChI=1S/C15H13BrN4O/c1-9-8-10(16)6-7-13(9)21-14-11-4-2-3-5-12(11)18-15(19-14)20-17/h2-8H,17H2,1H3,(H,18,19,20). The van der Waals surface area contributed by atoms with Gasteiger partial charge in [-0.15, -0.1) is 0 Å². The number of nitrogens with one attached hydrogen (secondary N) is 1. The molecule has 0 atom stereocenters. The maximum Gasteiger partial charge on any atom is 0.241 e. The molecule has 0 saturated heterocycles. The van der Waals surface area contributed by atoms with Crippen molar-refractivity contribution in [1.82, 2.24) is 9.97 Å². The van der Waals surface area contributed by atoms with Gasteiger partial charge in [-0.3, -0.25) is 5.43 Å². The summed E-state index contributed by atoms with van der Waals surface area (Å²) in [6, 6.07) is 13.4. The van der Waals surface area contributed by atoms with E-state index in [1.54, 1.807) is 0 Å². The van der Waals surface area contributed by atoms with Crippen molar-refractivity contribution in [3.63, 3.8) is 0 Å². The van der Waals surface area contributed by atoms with Crippen molar-refractivity contribution in [2.75, 3.05) is 5.43 Å². The lowest BCUT2D eigenvalue weighted by atomic mass is 10.2. The number of aromatic nitrogens is 2. The highest BCUT2D eigenvalue weighted by Crippen LogP contribution is 2.31. The third-order valence-electron chi connectivity index (χ3n) is 3.04. The Labute approximate surface area is 130 Å². The van der Waals surface area contributed by atoms with E-state index in [0.717, 1.165) is 26.7 Å². The van der Waals surface area contributed by atoms with Gasteiger partial charge in [0, 0.05) is 4.47 Å². The number of para-hydroxylation sites is 1. The lowest BCUT2D eigenvalue weighted by Gasteiger charge is -2.11. The van der Waals surface area contributed by atoms with Crippen LogP contribution in [0.3, 0.4) is 0 Å². The Morgan fingerprint density at radius 3 is 2.71 bits per heavy atom. The number of nitrogen functional groups attached to an aromatic ring is 1. The second-order valence-corrected chi connectivity index (χ2v) is 5.44. The first-order chi connectivity index (χ1) is 10.2. The fourth-order valence-corrected chi connectivity index (χ4v) is 2.50. The highest BCUT2D eigenvalue weighted by molar-refractivity contribution is 9.10. The molecule has 0 aliphatic heterocycles. The molecule has 0 unspecified atom stereocenters. The van der Waals surface area contributed by atoms with E-state index in [-0.39, 0.29) is 0 Å². The van der Waals surface area contributed by atoms with E-state index in [1.807, 2.05) is 49.4 Å². The first-order valence-electron chi connectivity index (χ1n) is 6.35. The predicted molar refractivity (Wildman–Crippen MR) is 86.3 cm³/mol. The van der Waals surface area contributed by atoms with E-state index in [0.29, 0.717) is 11.8 Å². The Hall–Kier alpha value is -2.18. The summed E-state index contributed by atoms with van der Waals surface area (Å²) in [5, 5.41) is 0.832. The average molecular weight is 345 g/mol. The lowest BCUT2D eigenvalue weighted by Crippen LogP contribution is -2.11. The van der Waals surface area contributed by atoms with Gasteiger partial charge >= 0.3 is 0 Å². The van der Waals surface area contributed by atoms with E-state index >= 15 is 0 Å². The number of hydrazine groups is 1. The molecule has 5 nitrogen and oxygen atoms in total. The van der Waals surface area contributed by atoms with Gasteiger partial charge in [0.25, 0.3) is 0 Å². The zero-order valence-corrected chi connectivity index (χ0v) is 12.9. The van der Waals surface area contributed by atoms with Gasteiger partial charge in [-0.1, -0.05) is 28.1 Å². The number of nitrogens with zero attached hydrogens (tertiary/aromatic N) is 2. The Kier molecular flexibility index (Phi) is 3.72. The molecule has 0 aliphatic carbocycles. The van der Waals surface area contributed by atoms with E-state index in [4.69, 9.17) is 10.6 Å². The number of fused-ring (bicyclic) bond motifs is 1. The minimum absolute atomic E-state index is 0.318. The van der Waals surface area contributed by atoms with E-state index in [1.165, 1.54) is 0 Å². The summed E-state index contributed by atoms with van der Waals surface area (Å²) in [5.41, 5.74) is 4.24. The minimum atomic E-state index is 0.318. The second-order valence-electron chi connectivity index (χ2n) is 4.53. The van der Waals surface area contributed by atoms with Crippen molar-refractivity contribution >= 4 is 32.8 Å². The molecule has 0 radical (unpaired) electrons. The topological polar surface area (TPSA) is 73.1 Å². The molecule has 3 N–H and O–H groups in total. The molecule has 21 heavy (non-hydrogen) atoms. The van der Waals surface area contributed by atoms with E-state index < -0.39 is 0 Å². The van der Waals surface area contributed by atoms with Crippen LogP contribution in [0.1, 0.15) is 5.56 Å². The fraction of sp³-hybridized carbons (Fsp3) is 0.0667.